The van der Waals surface area contributed by atoms with Crippen LogP contribution in [0.15, 0.2) is 23.6 Å². The van der Waals surface area contributed by atoms with Crippen molar-refractivity contribution < 1.29 is 10.3 Å². The number of hydrogen-bond donors (Lipinski definition) is 3. The Labute approximate surface area is 99.4 Å². The summed E-state index contributed by atoms with van der Waals surface area (Å²) in [6, 6.07) is 1.70. The Kier molecular flexibility index (Phi) is 3.43. The zero-order chi connectivity index (χ0) is 12.3. The molecule has 2 heterocycles. The monoisotopic (exact) mass is 236 g/mol. The number of piperidine rings is 1. The van der Waals surface area contributed by atoms with E-state index in [1.54, 1.807) is 18.5 Å². The molecule has 0 saturated carbocycles. The van der Waals surface area contributed by atoms with Gasteiger partial charge in [-0.1, -0.05) is 5.16 Å². The van der Waals surface area contributed by atoms with Crippen LogP contribution < -0.4 is 10.6 Å². The van der Waals surface area contributed by atoms with Gasteiger partial charge in [0.25, 0.3) is 0 Å². The van der Waals surface area contributed by atoms with E-state index >= 15 is 0 Å². The Morgan fingerprint density at radius 2 is 2.41 bits per heavy atom. The highest BCUT2D eigenvalue weighted by atomic mass is 16.4. The first-order valence-electron chi connectivity index (χ1n) is 5.57. The maximum Gasteiger partial charge on any atom is 0.172 e. The van der Waals surface area contributed by atoms with E-state index in [0.717, 1.165) is 25.1 Å². The lowest BCUT2D eigenvalue weighted by Gasteiger charge is -2.32. The van der Waals surface area contributed by atoms with Crippen molar-refractivity contribution in [3.05, 3.63) is 24.0 Å². The van der Waals surface area contributed by atoms with Crippen LogP contribution in [0.1, 0.15) is 18.4 Å². The molecule has 1 unspecified atom stereocenters. The third-order valence-electron chi connectivity index (χ3n) is 2.92. The SMILES string of the molecule is N/C(=N/O)c1ccncc1N1CCCC(O)C1. The third kappa shape index (κ3) is 2.47. The van der Waals surface area contributed by atoms with Crippen LogP contribution in [0.4, 0.5) is 5.69 Å². The number of nitrogens with two attached hydrogens (primary N) is 1. The number of aliphatic hydroxyl groups is 1. The molecule has 4 N–H and O–H groups in total. The second-order valence-corrected chi connectivity index (χ2v) is 4.12. The number of aromatic nitrogens is 1. The molecule has 1 fully saturated rings. The molecule has 0 spiro atoms. The van der Waals surface area contributed by atoms with Gasteiger partial charge in [-0.25, -0.2) is 0 Å². The second-order valence-electron chi connectivity index (χ2n) is 4.12. The van der Waals surface area contributed by atoms with Crippen molar-refractivity contribution >= 4 is 11.5 Å². The third-order valence-corrected chi connectivity index (χ3v) is 2.92. The van der Waals surface area contributed by atoms with Crippen molar-refractivity contribution in [3.63, 3.8) is 0 Å². The maximum atomic E-state index is 9.65. The van der Waals surface area contributed by atoms with E-state index in [1.165, 1.54) is 0 Å². The molecule has 17 heavy (non-hydrogen) atoms. The molecule has 1 atom stereocenters. The Hall–Kier alpha value is -1.82. The fourth-order valence-electron chi connectivity index (χ4n) is 2.08. The molecule has 0 radical (unpaired) electrons. The summed E-state index contributed by atoms with van der Waals surface area (Å²) in [6.45, 7) is 1.39. The molecular formula is C11H16N4O2. The topological polar surface area (TPSA) is 95.0 Å². The first kappa shape index (κ1) is 11.7. The van der Waals surface area contributed by atoms with Crippen molar-refractivity contribution in [2.75, 3.05) is 18.0 Å². The van der Waals surface area contributed by atoms with E-state index in [1.807, 2.05) is 4.90 Å². The van der Waals surface area contributed by atoms with Crippen LogP contribution >= 0.6 is 0 Å². The van der Waals surface area contributed by atoms with Crippen LogP contribution in [0.5, 0.6) is 0 Å². The van der Waals surface area contributed by atoms with Crippen LogP contribution in [0.2, 0.25) is 0 Å². The van der Waals surface area contributed by atoms with E-state index < -0.39 is 0 Å². The number of oxime groups is 1. The van der Waals surface area contributed by atoms with Gasteiger partial charge in [0.05, 0.1) is 18.0 Å². The molecule has 6 nitrogen and oxygen atoms in total. The van der Waals surface area contributed by atoms with E-state index in [9.17, 15) is 5.11 Å². The molecule has 1 aromatic rings. The normalized spacial score (nSPS) is 21.6. The van der Waals surface area contributed by atoms with Gasteiger partial charge in [0.1, 0.15) is 0 Å². The van der Waals surface area contributed by atoms with Crippen molar-refractivity contribution in [2.45, 2.75) is 18.9 Å². The summed E-state index contributed by atoms with van der Waals surface area (Å²) < 4.78 is 0. The number of pyridine rings is 1. The summed E-state index contributed by atoms with van der Waals surface area (Å²) in [5.41, 5.74) is 7.05. The molecule has 0 amide bonds. The number of amidine groups is 1. The lowest BCUT2D eigenvalue weighted by molar-refractivity contribution is 0.154. The van der Waals surface area contributed by atoms with E-state index in [0.29, 0.717) is 12.1 Å². The minimum absolute atomic E-state index is 0.0578. The van der Waals surface area contributed by atoms with Gasteiger partial charge >= 0.3 is 0 Å². The molecular weight excluding hydrogens is 220 g/mol. The van der Waals surface area contributed by atoms with Crippen molar-refractivity contribution in [1.29, 1.82) is 0 Å². The smallest absolute Gasteiger partial charge is 0.172 e. The lowest BCUT2D eigenvalue weighted by atomic mass is 10.1. The van der Waals surface area contributed by atoms with Crippen LogP contribution in [-0.2, 0) is 0 Å². The van der Waals surface area contributed by atoms with Gasteiger partial charge in [-0.15, -0.1) is 0 Å². The summed E-state index contributed by atoms with van der Waals surface area (Å²) in [5.74, 6) is 0.0578. The van der Waals surface area contributed by atoms with Gasteiger partial charge in [-0.2, -0.15) is 0 Å². The first-order chi connectivity index (χ1) is 8.22. The number of anilines is 1. The number of rotatable bonds is 2. The van der Waals surface area contributed by atoms with Crippen LogP contribution in [-0.4, -0.2) is 40.3 Å². The Balaban J connectivity index is 2.31. The number of nitrogens with zero attached hydrogens (tertiary/aromatic N) is 3. The highest BCUT2D eigenvalue weighted by Crippen LogP contribution is 2.23. The minimum atomic E-state index is -0.330. The average molecular weight is 236 g/mol. The molecule has 2 rings (SSSR count). The van der Waals surface area contributed by atoms with Crippen LogP contribution in [0.3, 0.4) is 0 Å². The molecule has 1 aliphatic rings. The second kappa shape index (κ2) is 5.01. The summed E-state index contributed by atoms with van der Waals surface area (Å²) in [6.07, 6.45) is 4.67. The largest absolute Gasteiger partial charge is 0.409 e. The molecule has 6 heteroatoms. The maximum absolute atomic E-state index is 9.65. The number of hydrogen-bond acceptors (Lipinski definition) is 5. The molecule has 1 aliphatic heterocycles. The summed E-state index contributed by atoms with van der Waals surface area (Å²) in [5, 5.41) is 21.4. The van der Waals surface area contributed by atoms with Gasteiger partial charge in [-0.3, -0.25) is 4.98 Å². The lowest BCUT2D eigenvalue weighted by Crippen LogP contribution is -2.39. The molecule has 1 saturated heterocycles. The molecule has 0 bridgehead atoms. The Morgan fingerprint density at radius 3 is 3.12 bits per heavy atom. The predicted molar refractivity (Wildman–Crippen MR) is 64.2 cm³/mol. The number of β-amino-alcohol motifs (C(OH)–C–C–N with tert-alkyl or cyclic N) is 1. The minimum Gasteiger partial charge on any atom is -0.409 e. The van der Waals surface area contributed by atoms with Gasteiger partial charge < -0.3 is 20.9 Å². The summed E-state index contributed by atoms with van der Waals surface area (Å²) >= 11 is 0. The first-order valence-corrected chi connectivity index (χ1v) is 5.57. The van der Waals surface area contributed by atoms with E-state index in [4.69, 9.17) is 10.9 Å². The zero-order valence-electron chi connectivity index (χ0n) is 9.45. The summed E-state index contributed by atoms with van der Waals surface area (Å²) in [7, 11) is 0. The van der Waals surface area contributed by atoms with Crippen molar-refractivity contribution in [1.82, 2.24) is 4.98 Å². The van der Waals surface area contributed by atoms with Crippen LogP contribution in [0.25, 0.3) is 0 Å². The van der Waals surface area contributed by atoms with Crippen molar-refractivity contribution in [2.24, 2.45) is 10.9 Å². The standard InChI is InChI=1S/C11H16N4O2/c12-11(14-17)9-3-4-13-6-10(9)15-5-1-2-8(16)7-15/h3-4,6,8,16-17H,1-2,5,7H2,(H2,12,14). The van der Waals surface area contributed by atoms with Crippen LogP contribution in [0, 0.1) is 0 Å². The fourth-order valence-corrected chi connectivity index (χ4v) is 2.08. The van der Waals surface area contributed by atoms with Gasteiger partial charge in [-0.05, 0) is 18.9 Å². The average Bonchev–Trinajstić information content (AvgIpc) is 2.38. The Morgan fingerprint density at radius 1 is 1.59 bits per heavy atom. The quantitative estimate of drug-likeness (QED) is 0.294. The Bertz CT molecular complexity index is 422. The van der Waals surface area contributed by atoms with Gasteiger partial charge in [0.2, 0.25) is 0 Å². The van der Waals surface area contributed by atoms with E-state index in [2.05, 4.69) is 10.1 Å². The van der Waals surface area contributed by atoms with Gasteiger partial charge in [0, 0.05) is 24.8 Å². The zero-order valence-corrected chi connectivity index (χ0v) is 9.45. The summed E-state index contributed by atoms with van der Waals surface area (Å²) in [4.78, 5) is 6.06. The van der Waals surface area contributed by atoms with Crippen molar-refractivity contribution in [3.8, 4) is 0 Å². The highest BCUT2D eigenvalue weighted by Gasteiger charge is 2.21. The van der Waals surface area contributed by atoms with E-state index in [-0.39, 0.29) is 11.9 Å². The van der Waals surface area contributed by atoms with Gasteiger partial charge in [0.15, 0.2) is 5.84 Å². The number of aliphatic hydroxyl groups excluding tert-OH is 1. The highest BCUT2D eigenvalue weighted by molar-refractivity contribution is 6.02. The molecule has 92 valence electrons. The predicted octanol–water partition coefficient (Wildman–Crippen LogP) is 0.137. The molecule has 0 aromatic carbocycles. The fraction of sp³-hybridized carbons (Fsp3) is 0.455. The molecule has 1 aromatic heterocycles. The molecule has 0 aliphatic carbocycles.